The molecule has 108 valence electrons. The lowest BCUT2D eigenvalue weighted by atomic mass is 10.1. The van der Waals surface area contributed by atoms with Crippen LogP contribution in [0, 0.1) is 5.82 Å². The van der Waals surface area contributed by atoms with Crippen LogP contribution in [-0.4, -0.2) is 14.8 Å². The number of anilines is 1. The molecule has 1 atom stereocenters. The molecule has 1 unspecified atom stereocenters. The summed E-state index contributed by atoms with van der Waals surface area (Å²) in [4.78, 5) is 5.08. The maximum atomic E-state index is 14.2. The summed E-state index contributed by atoms with van der Waals surface area (Å²) in [5.74, 6) is -0.327. The topological polar surface area (TPSA) is 42.7 Å². The summed E-state index contributed by atoms with van der Waals surface area (Å²) >= 11 is 1.70. The zero-order valence-corrected chi connectivity index (χ0v) is 12.3. The van der Waals surface area contributed by atoms with Crippen molar-refractivity contribution in [1.82, 2.24) is 14.8 Å². The van der Waals surface area contributed by atoms with Crippen molar-refractivity contribution >= 4 is 17.0 Å². The zero-order valence-electron chi connectivity index (χ0n) is 11.5. The SMILES string of the molecule is CCC(Nc1ccc(-n2cncn2)c(F)c1)c1cccs1. The molecule has 1 N–H and O–H groups in total. The Kier molecular flexibility index (Phi) is 3.96. The number of nitrogens with zero attached hydrogens (tertiary/aromatic N) is 3. The van der Waals surface area contributed by atoms with E-state index in [4.69, 9.17) is 0 Å². The Morgan fingerprint density at radius 1 is 1.38 bits per heavy atom. The van der Waals surface area contributed by atoms with Crippen molar-refractivity contribution in [2.45, 2.75) is 19.4 Å². The summed E-state index contributed by atoms with van der Waals surface area (Å²) < 4.78 is 15.6. The maximum Gasteiger partial charge on any atom is 0.150 e. The Morgan fingerprint density at radius 2 is 2.29 bits per heavy atom. The number of hydrogen-bond acceptors (Lipinski definition) is 4. The second kappa shape index (κ2) is 6.05. The van der Waals surface area contributed by atoms with Crippen molar-refractivity contribution in [3.63, 3.8) is 0 Å². The van der Waals surface area contributed by atoms with E-state index in [2.05, 4.69) is 28.4 Å². The highest BCUT2D eigenvalue weighted by Gasteiger charge is 2.12. The molecule has 1 aromatic carbocycles. The molecule has 0 saturated heterocycles. The molecule has 0 bridgehead atoms. The first-order chi connectivity index (χ1) is 10.3. The van der Waals surface area contributed by atoms with Crippen LogP contribution in [0.2, 0.25) is 0 Å². The van der Waals surface area contributed by atoms with Gasteiger partial charge in [-0.05, 0) is 36.1 Å². The maximum absolute atomic E-state index is 14.2. The zero-order chi connectivity index (χ0) is 14.7. The minimum absolute atomic E-state index is 0.196. The van der Waals surface area contributed by atoms with Crippen molar-refractivity contribution in [2.24, 2.45) is 0 Å². The van der Waals surface area contributed by atoms with Crippen molar-refractivity contribution < 1.29 is 4.39 Å². The average Bonchev–Trinajstić information content (AvgIpc) is 3.18. The van der Waals surface area contributed by atoms with Crippen LogP contribution in [0.5, 0.6) is 0 Å². The van der Waals surface area contributed by atoms with E-state index in [0.717, 1.165) is 12.1 Å². The van der Waals surface area contributed by atoms with Gasteiger partial charge in [-0.25, -0.2) is 14.1 Å². The molecule has 3 rings (SSSR count). The molecular weight excluding hydrogens is 287 g/mol. The predicted octanol–water partition coefficient (Wildman–Crippen LogP) is 4.03. The Morgan fingerprint density at radius 3 is 2.90 bits per heavy atom. The van der Waals surface area contributed by atoms with Gasteiger partial charge in [0.2, 0.25) is 0 Å². The summed E-state index contributed by atoms with van der Waals surface area (Å²) in [6.07, 6.45) is 3.80. The van der Waals surface area contributed by atoms with Crippen LogP contribution in [0.25, 0.3) is 5.69 Å². The predicted molar refractivity (Wildman–Crippen MR) is 82.3 cm³/mol. The minimum Gasteiger partial charge on any atom is -0.377 e. The van der Waals surface area contributed by atoms with Crippen LogP contribution in [-0.2, 0) is 0 Å². The number of aromatic nitrogens is 3. The van der Waals surface area contributed by atoms with Crippen molar-refractivity contribution in [2.75, 3.05) is 5.32 Å². The Bertz CT molecular complexity index is 695. The molecule has 0 saturated carbocycles. The lowest BCUT2D eigenvalue weighted by molar-refractivity contribution is 0.610. The van der Waals surface area contributed by atoms with Crippen molar-refractivity contribution in [3.8, 4) is 5.69 Å². The monoisotopic (exact) mass is 302 g/mol. The number of thiophene rings is 1. The summed E-state index contributed by atoms with van der Waals surface area (Å²) in [6.45, 7) is 2.11. The van der Waals surface area contributed by atoms with Gasteiger partial charge in [-0.2, -0.15) is 5.10 Å². The van der Waals surface area contributed by atoms with Crippen molar-refractivity contribution in [3.05, 3.63) is 59.1 Å². The molecule has 3 aromatic rings. The Labute approximate surface area is 126 Å². The molecule has 0 amide bonds. The third-order valence-electron chi connectivity index (χ3n) is 3.25. The standard InChI is InChI=1S/C15H15FN4S/c1-2-13(15-4-3-7-21-15)19-11-5-6-14(12(16)8-11)20-10-17-9-18-20/h3-10,13,19H,2H2,1H3. The molecule has 0 aliphatic heterocycles. The Hall–Kier alpha value is -2.21. The third kappa shape index (κ3) is 2.95. The molecular formula is C15H15FN4S. The lowest BCUT2D eigenvalue weighted by Gasteiger charge is -2.17. The van der Waals surface area contributed by atoms with Gasteiger partial charge in [0.25, 0.3) is 0 Å². The number of benzene rings is 1. The molecule has 2 heterocycles. The molecule has 0 radical (unpaired) electrons. The quantitative estimate of drug-likeness (QED) is 0.773. The van der Waals surface area contributed by atoms with Gasteiger partial charge in [0.1, 0.15) is 18.3 Å². The average molecular weight is 302 g/mol. The lowest BCUT2D eigenvalue weighted by Crippen LogP contribution is -2.09. The largest absolute Gasteiger partial charge is 0.377 e. The van der Waals surface area contributed by atoms with Gasteiger partial charge in [-0.15, -0.1) is 11.3 Å². The second-order valence-corrected chi connectivity index (χ2v) is 5.61. The molecule has 21 heavy (non-hydrogen) atoms. The molecule has 0 fully saturated rings. The van der Waals surface area contributed by atoms with Crippen LogP contribution >= 0.6 is 11.3 Å². The summed E-state index contributed by atoms with van der Waals surface area (Å²) in [6, 6.07) is 9.36. The summed E-state index contributed by atoms with van der Waals surface area (Å²) in [5.41, 5.74) is 1.15. The summed E-state index contributed by atoms with van der Waals surface area (Å²) in [7, 11) is 0. The normalized spacial score (nSPS) is 12.3. The first-order valence-corrected chi connectivity index (χ1v) is 7.60. The van der Waals surface area contributed by atoms with E-state index in [9.17, 15) is 4.39 Å². The van der Waals surface area contributed by atoms with Gasteiger partial charge < -0.3 is 5.32 Å². The van der Waals surface area contributed by atoms with Gasteiger partial charge in [0, 0.05) is 10.6 Å². The van der Waals surface area contributed by atoms with Crippen LogP contribution < -0.4 is 5.32 Å². The fourth-order valence-corrected chi connectivity index (χ4v) is 3.04. The van der Waals surface area contributed by atoms with E-state index in [-0.39, 0.29) is 11.9 Å². The first kappa shape index (κ1) is 13.8. The van der Waals surface area contributed by atoms with Crippen LogP contribution in [0.4, 0.5) is 10.1 Å². The third-order valence-corrected chi connectivity index (χ3v) is 4.24. The molecule has 2 aromatic heterocycles. The fourth-order valence-electron chi connectivity index (χ4n) is 2.18. The van der Waals surface area contributed by atoms with Crippen LogP contribution in [0.3, 0.4) is 0 Å². The minimum atomic E-state index is -0.327. The van der Waals surface area contributed by atoms with E-state index < -0.39 is 0 Å². The van der Waals surface area contributed by atoms with Gasteiger partial charge >= 0.3 is 0 Å². The molecule has 0 aliphatic carbocycles. The first-order valence-electron chi connectivity index (χ1n) is 6.72. The number of nitrogens with one attached hydrogen (secondary N) is 1. The number of hydrogen-bond donors (Lipinski definition) is 1. The highest BCUT2D eigenvalue weighted by atomic mass is 32.1. The summed E-state index contributed by atoms with van der Waals surface area (Å²) in [5, 5.41) is 9.36. The highest BCUT2D eigenvalue weighted by Crippen LogP contribution is 2.27. The molecule has 6 heteroatoms. The van der Waals surface area contributed by atoms with E-state index in [1.807, 2.05) is 17.5 Å². The fraction of sp³-hybridized carbons (Fsp3) is 0.200. The van der Waals surface area contributed by atoms with E-state index in [0.29, 0.717) is 5.69 Å². The molecule has 0 aliphatic rings. The van der Waals surface area contributed by atoms with Crippen LogP contribution in [0.15, 0.2) is 48.4 Å². The van der Waals surface area contributed by atoms with Gasteiger partial charge in [0.15, 0.2) is 5.82 Å². The molecule has 4 nitrogen and oxygen atoms in total. The van der Waals surface area contributed by atoms with Crippen LogP contribution in [0.1, 0.15) is 24.3 Å². The van der Waals surface area contributed by atoms with E-state index in [1.54, 1.807) is 17.4 Å². The highest BCUT2D eigenvalue weighted by molar-refractivity contribution is 7.10. The smallest absolute Gasteiger partial charge is 0.150 e. The van der Waals surface area contributed by atoms with E-state index in [1.165, 1.54) is 28.3 Å². The van der Waals surface area contributed by atoms with E-state index >= 15 is 0 Å². The Balaban J connectivity index is 1.82. The molecule has 0 spiro atoms. The number of halogens is 1. The van der Waals surface area contributed by atoms with Crippen molar-refractivity contribution in [1.29, 1.82) is 0 Å². The van der Waals surface area contributed by atoms with Gasteiger partial charge in [-0.3, -0.25) is 0 Å². The second-order valence-electron chi connectivity index (χ2n) is 4.63. The number of rotatable bonds is 5. The van der Waals surface area contributed by atoms with Gasteiger partial charge in [-0.1, -0.05) is 13.0 Å². The van der Waals surface area contributed by atoms with Gasteiger partial charge in [0.05, 0.1) is 6.04 Å².